The van der Waals surface area contributed by atoms with Crippen molar-refractivity contribution >= 4 is 27.5 Å². The van der Waals surface area contributed by atoms with E-state index in [1.54, 1.807) is 12.1 Å². The van der Waals surface area contributed by atoms with Crippen LogP contribution in [0.3, 0.4) is 0 Å². The number of halogens is 1. The molecule has 1 N–H and O–H groups in total. The molecular weight excluding hydrogens is 308 g/mol. The fourth-order valence-electron chi connectivity index (χ4n) is 1.59. The van der Waals surface area contributed by atoms with E-state index in [2.05, 4.69) is 26.5 Å². The number of rotatable bonds is 4. The Bertz CT molecular complexity index is 591. The highest BCUT2D eigenvalue weighted by atomic mass is 79.9. The van der Waals surface area contributed by atoms with Crippen molar-refractivity contribution in [3.8, 4) is 0 Å². The lowest BCUT2D eigenvalue weighted by molar-refractivity contribution is 0.0926. The van der Waals surface area contributed by atoms with Crippen LogP contribution in [0, 0.1) is 0 Å². The molecule has 1 amide bonds. The van der Waals surface area contributed by atoms with E-state index in [1.165, 1.54) is 0 Å². The summed E-state index contributed by atoms with van der Waals surface area (Å²) in [5.74, 6) is -0.147. The van der Waals surface area contributed by atoms with E-state index in [4.69, 9.17) is 4.42 Å². The van der Waals surface area contributed by atoms with Gasteiger partial charge in [-0.3, -0.25) is 4.79 Å². The van der Waals surface area contributed by atoms with Crippen LogP contribution in [0.15, 0.2) is 56.7 Å². The topological polar surface area (TPSA) is 54.6 Å². The van der Waals surface area contributed by atoms with Crippen LogP contribution < -0.4 is 5.43 Å². The van der Waals surface area contributed by atoms with Gasteiger partial charge in [-0.2, -0.15) is 5.10 Å². The van der Waals surface area contributed by atoms with Gasteiger partial charge in [-0.05, 0) is 40.0 Å². The molecule has 4 nitrogen and oxygen atoms in total. The number of nitrogens with one attached hydrogen (secondary N) is 1. The first-order valence-electron chi connectivity index (χ1n) is 5.88. The van der Waals surface area contributed by atoms with Crippen molar-refractivity contribution in [2.75, 3.05) is 0 Å². The van der Waals surface area contributed by atoms with Gasteiger partial charge in [-0.1, -0.05) is 37.3 Å². The van der Waals surface area contributed by atoms with Crippen molar-refractivity contribution in [2.24, 2.45) is 5.10 Å². The third-order valence-electron chi connectivity index (χ3n) is 2.53. The lowest BCUT2D eigenvalue weighted by atomic mass is 10.1. The Kier molecular flexibility index (Phi) is 4.52. The highest BCUT2D eigenvalue weighted by Crippen LogP contribution is 2.13. The SMILES string of the molecule is CCC(=NNC(=O)c1ccc(Br)o1)c1ccccc1. The number of carbonyl (C=O) groups excluding carboxylic acids is 1. The van der Waals surface area contributed by atoms with E-state index in [-0.39, 0.29) is 11.7 Å². The summed E-state index contributed by atoms with van der Waals surface area (Å²) in [7, 11) is 0. The summed E-state index contributed by atoms with van der Waals surface area (Å²) < 4.78 is 5.67. The van der Waals surface area contributed by atoms with E-state index < -0.39 is 0 Å². The smallest absolute Gasteiger partial charge is 0.307 e. The molecule has 1 aromatic heterocycles. The summed E-state index contributed by atoms with van der Waals surface area (Å²) >= 11 is 3.15. The molecule has 0 aliphatic rings. The third kappa shape index (κ3) is 3.54. The van der Waals surface area contributed by atoms with Crippen LogP contribution in [-0.4, -0.2) is 11.6 Å². The minimum Gasteiger partial charge on any atom is -0.444 e. The van der Waals surface area contributed by atoms with Crippen molar-refractivity contribution in [1.82, 2.24) is 5.43 Å². The van der Waals surface area contributed by atoms with Gasteiger partial charge < -0.3 is 4.42 Å². The lowest BCUT2D eigenvalue weighted by Crippen LogP contribution is -2.19. The van der Waals surface area contributed by atoms with Gasteiger partial charge in [0.05, 0.1) is 5.71 Å². The average molecular weight is 321 g/mol. The summed E-state index contributed by atoms with van der Waals surface area (Å²) in [6.07, 6.45) is 0.728. The molecule has 2 aromatic rings. The Balaban J connectivity index is 2.10. The molecule has 0 radical (unpaired) electrons. The number of amides is 1. The van der Waals surface area contributed by atoms with Gasteiger partial charge in [0.15, 0.2) is 10.4 Å². The molecule has 1 heterocycles. The monoisotopic (exact) mass is 320 g/mol. The number of benzene rings is 1. The van der Waals surface area contributed by atoms with E-state index in [0.29, 0.717) is 4.67 Å². The van der Waals surface area contributed by atoms with Crippen molar-refractivity contribution < 1.29 is 9.21 Å². The van der Waals surface area contributed by atoms with Gasteiger partial charge in [0.1, 0.15) is 0 Å². The van der Waals surface area contributed by atoms with Crippen LogP contribution in [0.1, 0.15) is 29.5 Å². The second kappa shape index (κ2) is 6.33. The van der Waals surface area contributed by atoms with Crippen molar-refractivity contribution in [3.05, 3.63) is 58.5 Å². The maximum Gasteiger partial charge on any atom is 0.307 e. The van der Waals surface area contributed by atoms with Gasteiger partial charge >= 0.3 is 5.91 Å². The molecule has 0 atom stereocenters. The second-order valence-electron chi connectivity index (χ2n) is 3.82. The normalized spacial score (nSPS) is 11.4. The molecule has 0 spiro atoms. The molecule has 0 bridgehead atoms. The molecule has 2 rings (SSSR count). The fraction of sp³-hybridized carbons (Fsp3) is 0.143. The fourth-order valence-corrected chi connectivity index (χ4v) is 1.89. The van der Waals surface area contributed by atoms with Crippen molar-refractivity contribution in [2.45, 2.75) is 13.3 Å². The number of hydrogen-bond donors (Lipinski definition) is 1. The Morgan fingerprint density at radius 2 is 2.00 bits per heavy atom. The predicted molar refractivity (Wildman–Crippen MR) is 77.1 cm³/mol. The van der Waals surface area contributed by atoms with Crippen LogP contribution in [0.25, 0.3) is 0 Å². The molecule has 0 saturated carbocycles. The molecule has 1 aromatic carbocycles. The number of furan rings is 1. The Morgan fingerprint density at radius 3 is 2.58 bits per heavy atom. The van der Waals surface area contributed by atoms with Gasteiger partial charge in [0.25, 0.3) is 0 Å². The van der Waals surface area contributed by atoms with Crippen LogP contribution in [0.4, 0.5) is 0 Å². The zero-order valence-corrected chi connectivity index (χ0v) is 12.0. The first-order chi connectivity index (χ1) is 9.20. The van der Waals surface area contributed by atoms with Gasteiger partial charge in [0, 0.05) is 0 Å². The summed E-state index contributed by atoms with van der Waals surface area (Å²) in [4.78, 5) is 11.8. The van der Waals surface area contributed by atoms with Crippen LogP contribution >= 0.6 is 15.9 Å². The quantitative estimate of drug-likeness (QED) is 0.691. The molecule has 0 aliphatic heterocycles. The summed E-state index contributed by atoms with van der Waals surface area (Å²) in [6.45, 7) is 1.99. The maximum absolute atomic E-state index is 11.8. The zero-order chi connectivity index (χ0) is 13.7. The van der Waals surface area contributed by atoms with Crippen molar-refractivity contribution in [3.63, 3.8) is 0 Å². The Morgan fingerprint density at radius 1 is 1.26 bits per heavy atom. The maximum atomic E-state index is 11.8. The average Bonchev–Trinajstić information content (AvgIpc) is 2.87. The highest BCUT2D eigenvalue weighted by molar-refractivity contribution is 9.10. The van der Waals surface area contributed by atoms with E-state index in [0.717, 1.165) is 17.7 Å². The summed E-state index contributed by atoms with van der Waals surface area (Å²) in [6, 6.07) is 13.0. The molecule has 0 unspecified atom stereocenters. The number of carbonyl (C=O) groups is 1. The largest absolute Gasteiger partial charge is 0.444 e. The molecular formula is C14H13BrN2O2. The number of hydrogen-bond acceptors (Lipinski definition) is 3. The molecule has 5 heteroatoms. The molecule has 98 valence electrons. The van der Waals surface area contributed by atoms with Crippen LogP contribution in [0.2, 0.25) is 0 Å². The summed E-state index contributed by atoms with van der Waals surface area (Å²) in [5.41, 5.74) is 4.31. The van der Waals surface area contributed by atoms with Crippen molar-refractivity contribution in [1.29, 1.82) is 0 Å². The van der Waals surface area contributed by atoms with E-state index in [1.807, 2.05) is 37.3 Å². The molecule has 19 heavy (non-hydrogen) atoms. The third-order valence-corrected chi connectivity index (χ3v) is 2.96. The molecule has 0 fully saturated rings. The Hall–Kier alpha value is -1.88. The van der Waals surface area contributed by atoms with E-state index in [9.17, 15) is 4.79 Å². The summed E-state index contributed by atoms with van der Waals surface area (Å²) in [5, 5.41) is 4.14. The van der Waals surface area contributed by atoms with Crippen LogP contribution in [-0.2, 0) is 0 Å². The number of hydrazone groups is 1. The number of nitrogens with zero attached hydrogens (tertiary/aromatic N) is 1. The first kappa shape index (κ1) is 13.5. The first-order valence-corrected chi connectivity index (χ1v) is 6.67. The van der Waals surface area contributed by atoms with E-state index >= 15 is 0 Å². The molecule has 0 saturated heterocycles. The zero-order valence-electron chi connectivity index (χ0n) is 10.4. The van der Waals surface area contributed by atoms with Gasteiger partial charge in [-0.15, -0.1) is 0 Å². The standard InChI is InChI=1S/C14H13BrN2O2/c1-2-11(10-6-4-3-5-7-10)16-17-14(18)12-8-9-13(15)19-12/h3-9H,2H2,1H3,(H,17,18). The second-order valence-corrected chi connectivity index (χ2v) is 4.60. The minimum atomic E-state index is -0.368. The lowest BCUT2D eigenvalue weighted by Gasteiger charge is -2.04. The highest BCUT2D eigenvalue weighted by Gasteiger charge is 2.10. The minimum absolute atomic E-state index is 0.221. The van der Waals surface area contributed by atoms with Gasteiger partial charge in [0.2, 0.25) is 0 Å². The molecule has 0 aliphatic carbocycles. The Labute approximate surface area is 119 Å². The van der Waals surface area contributed by atoms with Gasteiger partial charge in [-0.25, -0.2) is 5.43 Å². The predicted octanol–water partition coefficient (Wildman–Crippen LogP) is 3.59. The van der Waals surface area contributed by atoms with Crippen LogP contribution in [0.5, 0.6) is 0 Å².